The van der Waals surface area contributed by atoms with Crippen LogP contribution < -0.4 is 5.56 Å². The number of piperidine rings is 1. The number of benzene rings is 1. The monoisotopic (exact) mass is 411 g/mol. The van der Waals surface area contributed by atoms with E-state index < -0.39 is 5.60 Å². The summed E-state index contributed by atoms with van der Waals surface area (Å²) in [7, 11) is 0. The van der Waals surface area contributed by atoms with Crippen molar-refractivity contribution < 1.29 is 5.11 Å². The van der Waals surface area contributed by atoms with Gasteiger partial charge in [0.25, 0.3) is 5.56 Å². The highest BCUT2D eigenvalue weighted by atomic mass is 32.1. The first-order valence-electron chi connectivity index (χ1n) is 10.2. The molecule has 1 fully saturated rings. The van der Waals surface area contributed by atoms with Crippen LogP contribution in [0.25, 0.3) is 10.2 Å². The largest absolute Gasteiger partial charge is 0.388 e. The molecule has 2 aromatic heterocycles. The summed E-state index contributed by atoms with van der Waals surface area (Å²) in [5, 5.41) is 11.8. The quantitative estimate of drug-likeness (QED) is 0.711. The molecule has 6 heteroatoms. The van der Waals surface area contributed by atoms with Crippen LogP contribution in [0.15, 0.2) is 29.3 Å². The van der Waals surface area contributed by atoms with Gasteiger partial charge in [0.1, 0.15) is 4.83 Å². The Labute approximate surface area is 175 Å². The number of aromatic nitrogens is 2. The van der Waals surface area contributed by atoms with Crippen molar-refractivity contribution in [3.8, 4) is 0 Å². The second-order valence-corrected chi connectivity index (χ2v) is 9.76. The molecule has 0 unspecified atom stereocenters. The van der Waals surface area contributed by atoms with Crippen LogP contribution in [0.5, 0.6) is 0 Å². The molecule has 0 amide bonds. The van der Waals surface area contributed by atoms with Crippen molar-refractivity contribution in [1.82, 2.24) is 14.5 Å². The molecule has 1 aliphatic heterocycles. The minimum atomic E-state index is -0.863. The fraction of sp³-hybridized carbons (Fsp3) is 0.478. The summed E-state index contributed by atoms with van der Waals surface area (Å²) in [6.45, 7) is 11.1. The molecule has 0 radical (unpaired) electrons. The maximum atomic E-state index is 13.0. The molecule has 0 spiro atoms. The molecular formula is C23H29N3O2S. The van der Waals surface area contributed by atoms with E-state index in [-0.39, 0.29) is 5.56 Å². The summed E-state index contributed by atoms with van der Waals surface area (Å²) in [5.74, 6) is 0. The molecular weight excluding hydrogens is 382 g/mol. The maximum Gasteiger partial charge on any atom is 0.262 e. The van der Waals surface area contributed by atoms with Gasteiger partial charge in [-0.2, -0.15) is 0 Å². The van der Waals surface area contributed by atoms with Crippen LogP contribution in [-0.4, -0.2) is 38.2 Å². The number of thiophene rings is 1. The number of hydrogen-bond acceptors (Lipinski definition) is 5. The minimum absolute atomic E-state index is 0.0390. The number of rotatable bonds is 4. The van der Waals surface area contributed by atoms with Crippen molar-refractivity contribution in [3.63, 3.8) is 0 Å². The molecule has 0 bridgehead atoms. The Morgan fingerprint density at radius 2 is 1.86 bits per heavy atom. The Morgan fingerprint density at radius 1 is 1.14 bits per heavy atom. The Kier molecular flexibility index (Phi) is 5.36. The lowest BCUT2D eigenvalue weighted by Crippen LogP contribution is -2.47. The molecule has 0 saturated carbocycles. The molecule has 154 valence electrons. The average Bonchev–Trinajstić information content (AvgIpc) is 2.97. The van der Waals surface area contributed by atoms with Gasteiger partial charge in [0.05, 0.1) is 23.9 Å². The fourth-order valence-corrected chi connectivity index (χ4v) is 5.13. The van der Waals surface area contributed by atoms with Gasteiger partial charge in [-0.05, 0) is 62.8 Å². The van der Waals surface area contributed by atoms with Crippen LogP contribution in [0, 0.1) is 27.7 Å². The van der Waals surface area contributed by atoms with Crippen molar-refractivity contribution in [2.45, 2.75) is 59.2 Å². The normalized spacial score (nSPS) is 17.1. The van der Waals surface area contributed by atoms with Gasteiger partial charge < -0.3 is 5.11 Å². The summed E-state index contributed by atoms with van der Waals surface area (Å²) >= 11 is 1.56. The highest BCUT2D eigenvalue weighted by molar-refractivity contribution is 7.18. The van der Waals surface area contributed by atoms with Gasteiger partial charge in [0, 0.05) is 24.5 Å². The zero-order valence-electron chi connectivity index (χ0n) is 17.7. The average molecular weight is 412 g/mol. The molecule has 5 nitrogen and oxygen atoms in total. The molecule has 29 heavy (non-hydrogen) atoms. The summed E-state index contributed by atoms with van der Waals surface area (Å²) in [6, 6.07) is 6.62. The third kappa shape index (κ3) is 4.02. The SMILES string of the molecule is Cc1ccc(CN2CCC(O)(Cn3cnc4sc(C)c(C)c4c3=O)CC2)cc1C. The molecule has 3 aromatic rings. The summed E-state index contributed by atoms with van der Waals surface area (Å²) in [4.78, 5) is 21.7. The second-order valence-electron chi connectivity index (χ2n) is 8.56. The van der Waals surface area contributed by atoms with Gasteiger partial charge in [-0.15, -0.1) is 11.3 Å². The van der Waals surface area contributed by atoms with E-state index in [0.29, 0.717) is 24.8 Å². The first-order valence-corrected chi connectivity index (χ1v) is 11.0. The number of likely N-dealkylation sites (tertiary alicyclic amines) is 1. The summed E-state index contributed by atoms with van der Waals surface area (Å²) in [6.07, 6.45) is 2.91. The third-order valence-corrected chi connectivity index (χ3v) is 7.50. The van der Waals surface area contributed by atoms with E-state index in [0.717, 1.165) is 34.9 Å². The molecule has 1 N–H and O–H groups in total. The predicted molar refractivity (Wildman–Crippen MR) is 119 cm³/mol. The molecule has 3 heterocycles. The number of hydrogen-bond donors (Lipinski definition) is 1. The smallest absolute Gasteiger partial charge is 0.262 e. The standard InChI is InChI=1S/C23H29N3O2S/c1-15-5-6-19(11-16(15)2)12-25-9-7-23(28,8-10-25)13-26-14-24-21-20(22(26)27)17(3)18(4)29-21/h5-6,11,14,28H,7-10,12-13H2,1-4H3. The van der Waals surface area contributed by atoms with Crippen LogP contribution in [0.2, 0.25) is 0 Å². The van der Waals surface area contributed by atoms with Crippen LogP contribution in [0.3, 0.4) is 0 Å². The van der Waals surface area contributed by atoms with Gasteiger partial charge in [0.2, 0.25) is 0 Å². The Morgan fingerprint density at radius 3 is 2.55 bits per heavy atom. The lowest BCUT2D eigenvalue weighted by Gasteiger charge is -2.38. The fourth-order valence-electron chi connectivity index (χ4n) is 4.15. The predicted octanol–water partition coefficient (Wildman–Crippen LogP) is 3.72. The van der Waals surface area contributed by atoms with Crippen molar-refractivity contribution in [2.75, 3.05) is 13.1 Å². The van der Waals surface area contributed by atoms with E-state index in [2.05, 4.69) is 41.9 Å². The Bertz CT molecular complexity index is 1110. The van der Waals surface area contributed by atoms with Gasteiger partial charge in [-0.1, -0.05) is 18.2 Å². The van der Waals surface area contributed by atoms with Crippen molar-refractivity contribution in [2.24, 2.45) is 0 Å². The highest BCUT2D eigenvalue weighted by Gasteiger charge is 2.33. The molecule has 4 rings (SSSR count). The maximum absolute atomic E-state index is 13.0. The van der Waals surface area contributed by atoms with E-state index >= 15 is 0 Å². The number of fused-ring (bicyclic) bond motifs is 1. The zero-order chi connectivity index (χ0) is 20.8. The zero-order valence-corrected chi connectivity index (χ0v) is 18.5. The molecule has 1 aliphatic rings. The number of aryl methyl sites for hydroxylation is 4. The number of aliphatic hydroxyl groups is 1. The Balaban J connectivity index is 1.45. The van der Waals surface area contributed by atoms with Gasteiger partial charge in [0.15, 0.2) is 0 Å². The highest BCUT2D eigenvalue weighted by Crippen LogP contribution is 2.28. The lowest BCUT2D eigenvalue weighted by atomic mass is 9.91. The summed E-state index contributed by atoms with van der Waals surface area (Å²) < 4.78 is 1.60. The molecule has 0 aliphatic carbocycles. The van der Waals surface area contributed by atoms with Crippen LogP contribution in [-0.2, 0) is 13.1 Å². The minimum Gasteiger partial charge on any atom is -0.388 e. The van der Waals surface area contributed by atoms with Crippen molar-refractivity contribution in [3.05, 3.63) is 62.0 Å². The van der Waals surface area contributed by atoms with E-state index in [1.807, 2.05) is 13.8 Å². The van der Waals surface area contributed by atoms with Gasteiger partial charge in [-0.25, -0.2) is 4.98 Å². The number of nitrogens with zero attached hydrogens (tertiary/aromatic N) is 3. The van der Waals surface area contributed by atoms with E-state index in [9.17, 15) is 9.90 Å². The van der Waals surface area contributed by atoms with Crippen molar-refractivity contribution >= 4 is 21.6 Å². The van der Waals surface area contributed by atoms with Gasteiger partial charge in [-0.3, -0.25) is 14.3 Å². The van der Waals surface area contributed by atoms with E-state index in [4.69, 9.17) is 0 Å². The second kappa shape index (κ2) is 7.67. The molecule has 1 saturated heterocycles. The third-order valence-electron chi connectivity index (χ3n) is 6.38. The van der Waals surface area contributed by atoms with Crippen LogP contribution in [0.4, 0.5) is 0 Å². The first-order chi connectivity index (χ1) is 13.8. The lowest BCUT2D eigenvalue weighted by molar-refractivity contribution is -0.0364. The molecule has 1 aromatic carbocycles. The van der Waals surface area contributed by atoms with E-state index in [1.165, 1.54) is 16.7 Å². The summed E-state index contributed by atoms with van der Waals surface area (Å²) in [5.41, 5.74) is 4.05. The first kappa shape index (κ1) is 20.3. The Hall–Kier alpha value is -2.02. The van der Waals surface area contributed by atoms with E-state index in [1.54, 1.807) is 22.2 Å². The van der Waals surface area contributed by atoms with Gasteiger partial charge >= 0.3 is 0 Å². The topological polar surface area (TPSA) is 58.4 Å². The van der Waals surface area contributed by atoms with Crippen LogP contribution >= 0.6 is 11.3 Å². The van der Waals surface area contributed by atoms with Crippen molar-refractivity contribution in [1.29, 1.82) is 0 Å². The van der Waals surface area contributed by atoms with Crippen LogP contribution in [0.1, 0.15) is 40.0 Å². The molecule has 0 atom stereocenters.